The summed E-state index contributed by atoms with van der Waals surface area (Å²) in [5.41, 5.74) is -0.133. The second-order valence-electron chi connectivity index (χ2n) is 3.88. The lowest BCUT2D eigenvalue weighted by Crippen LogP contribution is -2.41. The van der Waals surface area contributed by atoms with E-state index in [-0.39, 0.29) is 24.1 Å². The minimum absolute atomic E-state index is 0.0889. The number of halogens is 1. The molecule has 0 radical (unpaired) electrons. The van der Waals surface area contributed by atoms with E-state index >= 15 is 0 Å². The van der Waals surface area contributed by atoms with Crippen LogP contribution < -0.4 is 10.1 Å². The van der Waals surface area contributed by atoms with E-state index in [4.69, 9.17) is 21.1 Å². The Hall–Kier alpha value is -1.37. The quantitative estimate of drug-likeness (QED) is 0.666. The van der Waals surface area contributed by atoms with Crippen molar-refractivity contribution in [3.05, 3.63) is 33.3 Å². The molecule has 1 fully saturated rings. The van der Waals surface area contributed by atoms with Gasteiger partial charge in [0.25, 0.3) is 0 Å². The number of ether oxygens (including phenoxy) is 2. The first kappa shape index (κ1) is 13.1. The van der Waals surface area contributed by atoms with Gasteiger partial charge in [-0.3, -0.25) is 10.1 Å². The fraction of sp³-hybridized carbons (Fsp3) is 0.455. The van der Waals surface area contributed by atoms with Crippen LogP contribution in [-0.2, 0) is 4.74 Å². The second-order valence-corrected chi connectivity index (χ2v) is 4.31. The largest absolute Gasteiger partial charge is 0.484 e. The molecular formula is C11H13ClN2O4. The van der Waals surface area contributed by atoms with Crippen LogP contribution in [0.3, 0.4) is 0 Å². The highest BCUT2D eigenvalue weighted by Gasteiger charge is 2.19. The van der Waals surface area contributed by atoms with Gasteiger partial charge in [0.1, 0.15) is 12.7 Å². The number of benzene rings is 1. The van der Waals surface area contributed by atoms with Crippen molar-refractivity contribution >= 4 is 17.3 Å². The maximum absolute atomic E-state index is 10.8. The smallest absolute Gasteiger partial charge is 0.312 e. The fourth-order valence-corrected chi connectivity index (χ4v) is 1.83. The molecule has 0 saturated carbocycles. The average Bonchev–Trinajstić information content (AvgIpc) is 2.38. The number of nitro groups is 1. The van der Waals surface area contributed by atoms with Crippen LogP contribution in [0.2, 0.25) is 5.02 Å². The van der Waals surface area contributed by atoms with Crippen LogP contribution in [0.15, 0.2) is 18.2 Å². The lowest BCUT2D eigenvalue weighted by atomic mass is 10.3. The Labute approximate surface area is 109 Å². The Morgan fingerprint density at radius 2 is 2.44 bits per heavy atom. The molecule has 1 aliphatic rings. The second kappa shape index (κ2) is 5.99. The van der Waals surface area contributed by atoms with E-state index in [1.807, 2.05) is 0 Å². The normalized spacial score (nSPS) is 19.5. The third-order valence-corrected chi connectivity index (χ3v) is 2.78. The minimum atomic E-state index is -0.513. The standard InChI is InChI=1S/C11H13ClN2O4/c12-8-1-2-11(10(5-8)14(15)16)18-7-9-6-13-3-4-17-9/h1-2,5,9,13H,3-4,6-7H2. The third kappa shape index (κ3) is 3.32. The van der Waals surface area contributed by atoms with E-state index in [9.17, 15) is 10.1 Å². The van der Waals surface area contributed by atoms with Crippen molar-refractivity contribution < 1.29 is 14.4 Å². The summed E-state index contributed by atoms with van der Waals surface area (Å²) in [6, 6.07) is 4.33. The SMILES string of the molecule is O=[N+]([O-])c1cc(Cl)ccc1OCC1CNCCO1. The number of nitro benzene ring substituents is 1. The van der Waals surface area contributed by atoms with Crippen molar-refractivity contribution in [2.45, 2.75) is 6.10 Å². The Morgan fingerprint density at radius 3 is 3.11 bits per heavy atom. The fourth-order valence-electron chi connectivity index (χ4n) is 1.66. The lowest BCUT2D eigenvalue weighted by Gasteiger charge is -2.23. The zero-order valence-corrected chi connectivity index (χ0v) is 10.4. The highest BCUT2D eigenvalue weighted by atomic mass is 35.5. The summed E-state index contributed by atoms with van der Waals surface area (Å²) in [4.78, 5) is 10.3. The van der Waals surface area contributed by atoms with Gasteiger partial charge in [0.05, 0.1) is 11.5 Å². The van der Waals surface area contributed by atoms with Crippen LogP contribution >= 0.6 is 11.6 Å². The van der Waals surface area contributed by atoms with E-state index in [0.29, 0.717) is 18.2 Å². The maximum atomic E-state index is 10.8. The molecule has 0 spiro atoms. The molecule has 98 valence electrons. The van der Waals surface area contributed by atoms with Crippen LogP contribution in [0.1, 0.15) is 0 Å². The van der Waals surface area contributed by atoms with E-state index in [2.05, 4.69) is 5.32 Å². The summed E-state index contributed by atoms with van der Waals surface area (Å²) in [6.45, 7) is 2.39. The first-order chi connectivity index (χ1) is 8.66. The zero-order valence-electron chi connectivity index (χ0n) is 9.60. The molecule has 6 nitrogen and oxygen atoms in total. The van der Waals surface area contributed by atoms with Gasteiger partial charge in [-0.25, -0.2) is 0 Å². The molecule has 1 N–H and O–H groups in total. The maximum Gasteiger partial charge on any atom is 0.312 e. The van der Waals surface area contributed by atoms with E-state index in [0.717, 1.165) is 6.54 Å². The number of morpholine rings is 1. The number of rotatable bonds is 4. The van der Waals surface area contributed by atoms with Gasteiger partial charge < -0.3 is 14.8 Å². The molecule has 2 rings (SSSR count). The van der Waals surface area contributed by atoms with Crippen molar-refractivity contribution in [1.82, 2.24) is 5.32 Å². The Kier molecular flexibility index (Phi) is 4.35. The minimum Gasteiger partial charge on any atom is -0.484 e. The molecule has 0 amide bonds. The van der Waals surface area contributed by atoms with Crippen LogP contribution in [0.4, 0.5) is 5.69 Å². The monoisotopic (exact) mass is 272 g/mol. The highest BCUT2D eigenvalue weighted by Crippen LogP contribution is 2.30. The van der Waals surface area contributed by atoms with Gasteiger partial charge in [-0.2, -0.15) is 0 Å². The van der Waals surface area contributed by atoms with E-state index < -0.39 is 4.92 Å². The van der Waals surface area contributed by atoms with Gasteiger partial charge in [0.2, 0.25) is 0 Å². The summed E-state index contributed by atoms with van der Waals surface area (Å²) in [7, 11) is 0. The molecule has 0 aromatic heterocycles. The van der Waals surface area contributed by atoms with Crippen molar-refractivity contribution in [2.24, 2.45) is 0 Å². The molecule has 0 aliphatic carbocycles. The first-order valence-corrected chi connectivity index (χ1v) is 5.93. The van der Waals surface area contributed by atoms with Crippen LogP contribution in [0.5, 0.6) is 5.75 Å². The molecule has 18 heavy (non-hydrogen) atoms. The Morgan fingerprint density at radius 1 is 1.61 bits per heavy atom. The van der Waals surface area contributed by atoms with Crippen molar-refractivity contribution in [3.8, 4) is 5.75 Å². The molecule has 1 aromatic carbocycles. The molecule has 1 unspecified atom stereocenters. The van der Waals surface area contributed by atoms with E-state index in [1.54, 1.807) is 6.07 Å². The predicted octanol–water partition coefficient (Wildman–Crippen LogP) is 1.62. The van der Waals surface area contributed by atoms with Gasteiger partial charge in [0.15, 0.2) is 5.75 Å². The van der Waals surface area contributed by atoms with Crippen LogP contribution in [0.25, 0.3) is 0 Å². The van der Waals surface area contributed by atoms with Crippen LogP contribution in [0, 0.1) is 10.1 Å². The van der Waals surface area contributed by atoms with Gasteiger partial charge in [-0.15, -0.1) is 0 Å². The Bertz CT molecular complexity index is 435. The number of hydrogen-bond acceptors (Lipinski definition) is 5. The predicted molar refractivity (Wildman–Crippen MR) is 66.2 cm³/mol. The molecule has 7 heteroatoms. The summed E-state index contributed by atoms with van der Waals surface area (Å²) in [6.07, 6.45) is -0.0889. The first-order valence-electron chi connectivity index (χ1n) is 5.56. The topological polar surface area (TPSA) is 73.6 Å². The number of hydrogen-bond donors (Lipinski definition) is 1. The summed E-state index contributed by atoms with van der Waals surface area (Å²) < 4.78 is 10.9. The summed E-state index contributed by atoms with van der Waals surface area (Å²) in [5.74, 6) is 0.207. The summed E-state index contributed by atoms with van der Waals surface area (Å²) >= 11 is 5.72. The molecule has 0 bridgehead atoms. The molecule has 1 atom stereocenters. The van der Waals surface area contributed by atoms with Gasteiger partial charge in [-0.1, -0.05) is 11.6 Å². The summed E-state index contributed by atoms with van der Waals surface area (Å²) in [5, 5.41) is 14.3. The van der Waals surface area contributed by atoms with Crippen molar-refractivity contribution in [1.29, 1.82) is 0 Å². The lowest BCUT2D eigenvalue weighted by molar-refractivity contribution is -0.385. The molecule has 1 aromatic rings. The van der Waals surface area contributed by atoms with Gasteiger partial charge in [0, 0.05) is 24.2 Å². The number of nitrogens with zero attached hydrogens (tertiary/aromatic N) is 1. The molecular weight excluding hydrogens is 260 g/mol. The average molecular weight is 273 g/mol. The van der Waals surface area contributed by atoms with Gasteiger partial charge >= 0.3 is 5.69 Å². The van der Waals surface area contributed by atoms with Crippen molar-refractivity contribution in [2.75, 3.05) is 26.3 Å². The van der Waals surface area contributed by atoms with Gasteiger partial charge in [-0.05, 0) is 12.1 Å². The van der Waals surface area contributed by atoms with E-state index in [1.165, 1.54) is 12.1 Å². The van der Waals surface area contributed by atoms with Crippen molar-refractivity contribution in [3.63, 3.8) is 0 Å². The Balaban J connectivity index is 2.01. The zero-order chi connectivity index (χ0) is 13.0. The third-order valence-electron chi connectivity index (χ3n) is 2.55. The molecule has 1 aliphatic heterocycles. The highest BCUT2D eigenvalue weighted by molar-refractivity contribution is 6.30. The van der Waals surface area contributed by atoms with Crippen LogP contribution in [-0.4, -0.2) is 37.3 Å². The molecule has 1 saturated heterocycles. The number of nitrogens with one attached hydrogen (secondary N) is 1. The molecule has 1 heterocycles.